The molecule has 2 N–H and O–H groups in total. The van der Waals surface area contributed by atoms with Crippen molar-refractivity contribution < 1.29 is 32.2 Å². The second-order valence-electron chi connectivity index (χ2n) is 3.60. The maximum Gasteiger partial charge on any atom is 0.573 e. The van der Waals surface area contributed by atoms with Crippen molar-refractivity contribution in [2.45, 2.75) is 19.3 Å². The molecule has 0 bridgehead atoms. The van der Waals surface area contributed by atoms with Crippen LogP contribution in [0.4, 0.5) is 13.2 Å². The molecule has 6 nitrogen and oxygen atoms in total. The number of carbonyl (C=O) groups is 1. The molecular formula is C11H13F3N2O4. The van der Waals surface area contributed by atoms with E-state index in [1.807, 2.05) is 0 Å². The Labute approximate surface area is 112 Å². The summed E-state index contributed by atoms with van der Waals surface area (Å²) >= 11 is 0. The molecule has 1 rings (SSSR count). The highest BCUT2D eigenvalue weighted by Gasteiger charge is 2.34. The van der Waals surface area contributed by atoms with E-state index >= 15 is 0 Å². The lowest BCUT2D eigenvalue weighted by molar-refractivity contribution is -0.275. The van der Waals surface area contributed by atoms with Crippen LogP contribution in [0.2, 0.25) is 0 Å². The lowest BCUT2D eigenvalue weighted by Gasteiger charge is -2.16. The van der Waals surface area contributed by atoms with Gasteiger partial charge in [-0.25, -0.2) is 4.98 Å². The first-order chi connectivity index (χ1) is 9.30. The van der Waals surface area contributed by atoms with Crippen LogP contribution in [0.15, 0.2) is 6.07 Å². The molecule has 112 valence electrons. The van der Waals surface area contributed by atoms with Crippen LogP contribution in [0.1, 0.15) is 11.3 Å². The monoisotopic (exact) mass is 294 g/mol. The molecule has 0 unspecified atom stereocenters. The maximum atomic E-state index is 12.4. The molecule has 0 amide bonds. The van der Waals surface area contributed by atoms with E-state index in [0.29, 0.717) is 0 Å². The first kappa shape index (κ1) is 16.0. The highest BCUT2D eigenvalue weighted by molar-refractivity contribution is 5.73. The van der Waals surface area contributed by atoms with E-state index in [2.05, 4.69) is 14.5 Å². The van der Waals surface area contributed by atoms with Crippen molar-refractivity contribution >= 4 is 5.97 Å². The van der Waals surface area contributed by atoms with Gasteiger partial charge >= 0.3 is 12.3 Å². The van der Waals surface area contributed by atoms with Crippen LogP contribution in [0.25, 0.3) is 0 Å². The minimum Gasteiger partial charge on any atom is -0.481 e. The Hall–Kier alpha value is -2.03. The SMILES string of the molecule is COC(=O)Cc1nc(OC)cc(CN)c1OC(F)(F)F. The Morgan fingerprint density at radius 3 is 2.50 bits per heavy atom. The Morgan fingerprint density at radius 2 is 2.05 bits per heavy atom. The zero-order chi connectivity index (χ0) is 15.3. The lowest BCUT2D eigenvalue weighted by Crippen LogP contribution is -2.21. The highest BCUT2D eigenvalue weighted by Crippen LogP contribution is 2.32. The first-order valence-corrected chi connectivity index (χ1v) is 5.40. The summed E-state index contributed by atoms with van der Waals surface area (Å²) in [4.78, 5) is 15.0. The van der Waals surface area contributed by atoms with Gasteiger partial charge in [0.1, 0.15) is 0 Å². The van der Waals surface area contributed by atoms with E-state index < -0.39 is 24.5 Å². The normalized spacial score (nSPS) is 11.1. The number of ether oxygens (including phenoxy) is 3. The molecule has 1 aromatic rings. The Kier molecular flexibility index (Phi) is 5.14. The Balaban J connectivity index is 3.30. The van der Waals surface area contributed by atoms with Crippen LogP contribution in [0, 0.1) is 0 Å². The minimum atomic E-state index is -4.93. The molecule has 0 aliphatic carbocycles. The van der Waals surface area contributed by atoms with E-state index in [9.17, 15) is 18.0 Å². The standard InChI is InChI=1S/C11H13F3N2O4/c1-18-8-3-6(5-15)10(20-11(12,13)14)7(16-8)4-9(17)19-2/h3H,4-5,15H2,1-2H3. The third kappa shape index (κ3) is 4.26. The number of methoxy groups -OCH3 is 2. The van der Waals surface area contributed by atoms with E-state index in [1.54, 1.807) is 0 Å². The Bertz CT molecular complexity index is 491. The van der Waals surface area contributed by atoms with Gasteiger partial charge in [-0.2, -0.15) is 0 Å². The van der Waals surface area contributed by atoms with Crippen molar-refractivity contribution in [3.8, 4) is 11.6 Å². The Morgan fingerprint density at radius 1 is 1.40 bits per heavy atom. The average molecular weight is 294 g/mol. The molecule has 0 spiro atoms. The fourth-order valence-corrected chi connectivity index (χ4v) is 1.44. The highest BCUT2D eigenvalue weighted by atomic mass is 19.4. The number of nitrogens with zero attached hydrogens (tertiary/aromatic N) is 1. The summed E-state index contributed by atoms with van der Waals surface area (Å²) in [6, 6.07) is 1.21. The van der Waals surface area contributed by atoms with Gasteiger partial charge in [-0.15, -0.1) is 13.2 Å². The number of carbonyl (C=O) groups excluding carboxylic acids is 1. The van der Waals surface area contributed by atoms with Gasteiger partial charge in [0.25, 0.3) is 0 Å². The van der Waals surface area contributed by atoms with Crippen molar-refractivity contribution in [3.63, 3.8) is 0 Å². The second kappa shape index (κ2) is 6.42. The van der Waals surface area contributed by atoms with Crippen LogP contribution < -0.4 is 15.2 Å². The van der Waals surface area contributed by atoms with Crippen molar-refractivity contribution in [1.82, 2.24) is 4.98 Å². The van der Waals surface area contributed by atoms with Gasteiger partial charge < -0.3 is 19.9 Å². The molecule has 20 heavy (non-hydrogen) atoms. The molecular weight excluding hydrogens is 281 g/mol. The van der Waals surface area contributed by atoms with Gasteiger partial charge in [0.05, 0.1) is 26.3 Å². The zero-order valence-corrected chi connectivity index (χ0v) is 10.8. The summed E-state index contributed by atoms with van der Waals surface area (Å²) in [7, 11) is 2.39. The topological polar surface area (TPSA) is 83.7 Å². The van der Waals surface area contributed by atoms with Gasteiger partial charge in [0, 0.05) is 18.2 Å². The van der Waals surface area contributed by atoms with E-state index in [1.165, 1.54) is 13.2 Å². The summed E-state index contributed by atoms with van der Waals surface area (Å²) in [5, 5.41) is 0. The number of rotatable bonds is 5. The van der Waals surface area contributed by atoms with Gasteiger partial charge in [0.2, 0.25) is 5.88 Å². The third-order valence-electron chi connectivity index (χ3n) is 2.28. The van der Waals surface area contributed by atoms with Crippen LogP contribution in [0.5, 0.6) is 11.6 Å². The molecule has 0 fully saturated rings. The van der Waals surface area contributed by atoms with E-state index in [0.717, 1.165) is 7.11 Å². The first-order valence-electron chi connectivity index (χ1n) is 5.40. The fourth-order valence-electron chi connectivity index (χ4n) is 1.44. The summed E-state index contributed by atoms with van der Waals surface area (Å²) < 4.78 is 50.3. The summed E-state index contributed by atoms with van der Waals surface area (Å²) in [5.74, 6) is -1.34. The van der Waals surface area contributed by atoms with Crippen molar-refractivity contribution in [2.75, 3.05) is 14.2 Å². The predicted molar refractivity (Wildman–Crippen MR) is 61.1 cm³/mol. The largest absolute Gasteiger partial charge is 0.573 e. The predicted octanol–water partition coefficient (Wildman–Crippen LogP) is 1.16. The van der Waals surface area contributed by atoms with E-state index in [-0.39, 0.29) is 23.7 Å². The van der Waals surface area contributed by atoms with Crippen molar-refractivity contribution in [3.05, 3.63) is 17.3 Å². The molecule has 9 heteroatoms. The van der Waals surface area contributed by atoms with Crippen molar-refractivity contribution in [2.24, 2.45) is 5.73 Å². The van der Waals surface area contributed by atoms with Crippen LogP contribution in [0.3, 0.4) is 0 Å². The number of alkyl halides is 3. The van der Waals surface area contributed by atoms with Gasteiger partial charge in [-0.1, -0.05) is 0 Å². The van der Waals surface area contributed by atoms with Gasteiger partial charge in [0.15, 0.2) is 5.75 Å². The zero-order valence-electron chi connectivity index (χ0n) is 10.8. The number of aromatic nitrogens is 1. The number of hydrogen-bond acceptors (Lipinski definition) is 6. The maximum absolute atomic E-state index is 12.4. The van der Waals surface area contributed by atoms with E-state index in [4.69, 9.17) is 10.5 Å². The van der Waals surface area contributed by atoms with Crippen LogP contribution in [-0.2, 0) is 22.5 Å². The number of nitrogens with two attached hydrogens (primary N) is 1. The molecule has 0 aromatic carbocycles. The molecule has 1 heterocycles. The lowest BCUT2D eigenvalue weighted by atomic mass is 10.1. The molecule has 0 aliphatic rings. The molecule has 0 atom stereocenters. The molecule has 0 saturated carbocycles. The molecule has 1 aromatic heterocycles. The van der Waals surface area contributed by atoms with Crippen LogP contribution >= 0.6 is 0 Å². The average Bonchev–Trinajstić information content (AvgIpc) is 2.38. The second-order valence-corrected chi connectivity index (χ2v) is 3.60. The summed E-state index contributed by atoms with van der Waals surface area (Å²) in [5.41, 5.74) is 5.14. The number of pyridine rings is 1. The smallest absolute Gasteiger partial charge is 0.481 e. The summed E-state index contributed by atoms with van der Waals surface area (Å²) in [6.07, 6.45) is -5.42. The quantitative estimate of drug-likeness (QED) is 0.820. The van der Waals surface area contributed by atoms with Crippen LogP contribution in [-0.4, -0.2) is 31.5 Å². The summed E-state index contributed by atoms with van der Waals surface area (Å²) in [6.45, 7) is -0.238. The molecule has 0 saturated heterocycles. The number of esters is 1. The van der Waals surface area contributed by atoms with Crippen molar-refractivity contribution in [1.29, 1.82) is 0 Å². The number of hydrogen-bond donors (Lipinski definition) is 1. The molecule has 0 radical (unpaired) electrons. The fraction of sp³-hybridized carbons (Fsp3) is 0.455. The molecule has 0 aliphatic heterocycles. The van der Waals surface area contributed by atoms with Gasteiger partial charge in [-0.05, 0) is 0 Å². The minimum absolute atomic E-state index is 0.0214. The van der Waals surface area contributed by atoms with Gasteiger partial charge in [-0.3, -0.25) is 4.79 Å². The third-order valence-corrected chi connectivity index (χ3v) is 2.28. The number of halogens is 3.